The van der Waals surface area contributed by atoms with Crippen molar-refractivity contribution in [3.05, 3.63) is 83.0 Å². The molecular weight excluding hydrogens is 404 g/mol. The Hall–Kier alpha value is -3.45. The number of nitrogens with zero attached hydrogens (tertiary/aromatic N) is 3. The molecule has 4 rings (SSSR count). The zero-order valence-electron chi connectivity index (χ0n) is 18.6. The van der Waals surface area contributed by atoms with Gasteiger partial charge in [-0.15, -0.1) is 0 Å². The van der Waals surface area contributed by atoms with Crippen LogP contribution in [0.5, 0.6) is 0 Å². The zero-order valence-corrected chi connectivity index (χ0v) is 18.6. The maximum absolute atomic E-state index is 12.8. The Labute approximate surface area is 187 Å². The molecule has 0 amide bonds. The predicted molar refractivity (Wildman–Crippen MR) is 123 cm³/mol. The standard InChI is InChI=1S/C25H28N4O3/c1-16-14-29(15-17(2)31-16)25(26)27-23-13-22(28-32-23)18(3)20-10-7-11-21(12-20)24(30)19-8-5-4-6-9-19/h4-13,16-18H,14-15H2,1-3H3,(H2,26,27). The Morgan fingerprint density at radius 3 is 2.47 bits per heavy atom. The highest BCUT2D eigenvalue weighted by Crippen LogP contribution is 2.28. The highest BCUT2D eigenvalue weighted by atomic mass is 16.5. The van der Waals surface area contributed by atoms with Crippen LogP contribution in [-0.2, 0) is 4.74 Å². The molecule has 3 unspecified atom stereocenters. The van der Waals surface area contributed by atoms with Crippen LogP contribution in [0.3, 0.4) is 0 Å². The second-order valence-corrected chi connectivity index (χ2v) is 8.26. The summed E-state index contributed by atoms with van der Waals surface area (Å²) in [4.78, 5) is 19.2. The first-order valence-corrected chi connectivity index (χ1v) is 10.8. The second kappa shape index (κ2) is 9.36. The molecule has 0 bridgehead atoms. The largest absolute Gasteiger partial charge is 0.372 e. The van der Waals surface area contributed by atoms with Gasteiger partial charge in [-0.3, -0.25) is 4.79 Å². The van der Waals surface area contributed by atoms with E-state index in [2.05, 4.69) is 10.1 Å². The molecule has 1 aromatic heterocycles. The Balaban J connectivity index is 1.50. The molecule has 7 heteroatoms. The molecule has 3 atom stereocenters. The van der Waals surface area contributed by atoms with Crippen LogP contribution in [-0.4, -0.2) is 47.1 Å². The van der Waals surface area contributed by atoms with Crippen LogP contribution < -0.4 is 5.73 Å². The van der Waals surface area contributed by atoms with E-state index in [-0.39, 0.29) is 23.9 Å². The van der Waals surface area contributed by atoms with Gasteiger partial charge in [-0.1, -0.05) is 60.6 Å². The van der Waals surface area contributed by atoms with Crippen molar-refractivity contribution in [2.75, 3.05) is 13.1 Å². The zero-order chi connectivity index (χ0) is 22.7. The third kappa shape index (κ3) is 4.89. The summed E-state index contributed by atoms with van der Waals surface area (Å²) in [5.74, 6) is 0.660. The number of ether oxygens (including phenoxy) is 1. The molecule has 7 nitrogen and oxygen atoms in total. The molecule has 2 aromatic carbocycles. The van der Waals surface area contributed by atoms with E-state index < -0.39 is 0 Å². The van der Waals surface area contributed by atoms with Gasteiger partial charge in [0.2, 0.25) is 0 Å². The number of nitrogens with two attached hydrogens (primary N) is 1. The monoisotopic (exact) mass is 432 g/mol. The van der Waals surface area contributed by atoms with Crippen molar-refractivity contribution in [3.8, 4) is 0 Å². The van der Waals surface area contributed by atoms with E-state index in [1.165, 1.54) is 0 Å². The van der Waals surface area contributed by atoms with Crippen molar-refractivity contribution >= 4 is 17.6 Å². The lowest BCUT2D eigenvalue weighted by Crippen LogP contribution is -2.50. The molecule has 0 aliphatic carbocycles. The normalized spacial score (nSPS) is 20.2. The predicted octanol–water partition coefficient (Wildman–Crippen LogP) is 4.11. The smallest absolute Gasteiger partial charge is 0.253 e. The third-order valence-electron chi connectivity index (χ3n) is 5.61. The summed E-state index contributed by atoms with van der Waals surface area (Å²) in [6.45, 7) is 7.41. The molecule has 32 heavy (non-hydrogen) atoms. The van der Waals surface area contributed by atoms with E-state index in [4.69, 9.17) is 15.0 Å². The molecule has 0 spiro atoms. The van der Waals surface area contributed by atoms with Gasteiger partial charge in [0.25, 0.3) is 5.88 Å². The van der Waals surface area contributed by atoms with Crippen molar-refractivity contribution in [1.82, 2.24) is 10.1 Å². The number of hydrogen-bond acceptors (Lipinski definition) is 5. The first-order valence-electron chi connectivity index (χ1n) is 10.8. The fourth-order valence-electron chi connectivity index (χ4n) is 3.96. The Bertz CT molecular complexity index is 1100. The minimum atomic E-state index is -0.0733. The first kappa shape index (κ1) is 21.8. The number of rotatable bonds is 5. The maximum Gasteiger partial charge on any atom is 0.253 e. The van der Waals surface area contributed by atoms with E-state index in [1.54, 1.807) is 6.07 Å². The molecule has 0 radical (unpaired) electrons. The minimum Gasteiger partial charge on any atom is -0.372 e. The topological polar surface area (TPSA) is 94.0 Å². The van der Waals surface area contributed by atoms with Crippen LogP contribution in [0.4, 0.5) is 5.88 Å². The third-order valence-corrected chi connectivity index (χ3v) is 5.61. The summed E-state index contributed by atoms with van der Waals surface area (Å²) >= 11 is 0. The summed E-state index contributed by atoms with van der Waals surface area (Å²) in [7, 11) is 0. The van der Waals surface area contributed by atoms with Crippen molar-refractivity contribution < 1.29 is 14.1 Å². The summed E-state index contributed by atoms with van der Waals surface area (Å²) in [5, 5.41) is 4.19. The summed E-state index contributed by atoms with van der Waals surface area (Å²) in [6.07, 6.45) is 0.173. The van der Waals surface area contributed by atoms with Gasteiger partial charge in [0.15, 0.2) is 11.7 Å². The SMILES string of the molecule is CC1CN(/C(N)=N/c2cc(C(C)c3cccc(C(=O)c4ccccc4)c3)no2)CC(C)O1. The van der Waals surface area contributed by atoms with E-state index in [1.807, 2.05) is 80.3 Å². The van der Waals surface area contributed by atoms with Gasteiger partial charge in [-0.05, 0) is 25.5 Å². The lowest BCUT2D eigenvalue weighted by molar-refractivity contribution is -0.0483. The molecule has 1 aliphatic rings. The van der Waals surface area contributed by atoms with Crippen LogP contribution in [0.25, 0.3) is 0 Å². The van der Waals surface area contributed by atoms with Gasteiger partial charge in [0.05, 0.1) is 17.9 Å². The van der Waals surface area contributed by atoms with Crippen molar-refractivity contribution in [1.29, 1.82) is 0 Å². The summed E-state index contributed by atoms with van der Waals surface area (Å²) < 4.78 is 11.2. The van der Waals surface area contributed by atoms with Crippen molar-refractivity contribution in [2.24, 2.45) is 10.7 Å². The van der Waals surface area contributed by atoms with Crippen LogP contribution in [0, 0.1) is 0 Å². The lowest BCUT2D eigenvalue weighted by atomic mass is 9.94. The number of aromatic nitrogens is 1. The first-order chi connectivity index (χ1) is 15.4. The summed E-state index contributed by atoms with van der Waals surface area (Å²) in [6, 6.07) is 18.7. The Morgan fingerprint density at radius 2 is 1.75 bits per heavy atom. The fraction of sp³-hybridized carbons (Fsp3) is 0.320. The number of morpholine rings is 1. The number of aliphatic imine (C=N–C) groups is 1. The molecule has 2 heterocycles. The number of guanidine groups is 1. The number of carbonyl (C=O) groups excluding carboxylic acids is 1. The molecule has 1 fully saturated rings. The Morgan fingerprint density at radius 1 is 1.06 bits per heavy atom. The maximum atomic E-state index is 12.8. The van der Waals surface area contributed by atoms with Gasteiger partial charge in [-0.25, -0.2) is 0 Å². The highest BCUT2D eigenvalue weighted by Gasteiger charge is 2.24. The van der Waals surface area contributed by atoms with Crippen LogP contribution in [0.1, 0.15) is 53.9 Å². The van der Waals surface area contributed by atoms with Gasteiger partial charge >= 0.3 is 0 Å². The van der Waals surface area contributed by atoms with Crippen LogP contribution in [0.15, 0.2) is 70.2 Å². The highest BCUT2D eigenvalue weighted by molar-refractivity contribution is 6.09. The number of hydrogen-bond donors (Lipinski definition) is 1. The van der Waals surface area contributed by atoms with E-state index in [9.17, 15) is 4.79 Å². The lowest BCUT2D eigenvalue weighted by Gasteiger charge is -2.35. The van der Waals surface area contributed by atoms with E-state index in [0.29, 0.717) is 36.1 Å². The molecule has 3 aromatic rings. The average molecular weight is 433 g/mol. The Kier molecular flexibility index (Phi) is 6.37. The molecule has 1 aliphatic heterocycles. The van der Waals surface area contributed by atoms with Crippen LogP contribution >= 0.6 is 0 Å². The number of benzene rings is 2. The fourth-order valence-corrected chi connectivity index (χ4v) is 3.96. The van der Waals surface area contributed by atoms with Crippen molar-refractivity contribution in [3.63, 3.8) is 0 Å². The number of carbonyl (C=O) groups is 1. The van der Waals surface area contributed by atoms with E-state index in [0.717, 1.165) is 11.3 Å². The average Bonchev–Trinajstić information content (AvgIpc) is 3.26. The molecule has 1 saturated heterocycles. The van der Waals surface area contributed by atoms with Crippen LogP contribution in [0.2, 0.25) is 0 Å². The van der Waals surface area contributed by atoms with Gasteiger partial charge in [0.1, 0.15) is 0 Å². The van der Waals surface area contributed by atoms with Gasteiger partial charge in [0, 0.05) is 36.2 Å². The molecule has 166 valence electrons. The van der Waals surface area contributed by atoms with Gasteiger partial charge in [-0.2, -0.15) is 4.99 Å². The molecule has 2 N–H and O–H groups in total. The summed E-state index contributed by atoms with van der Waals surface area (Å²) in [5.41, 5.74) is 9.21. The molecular formula is C25H28N4O3. The number of ketones is 1. The van der Waals surface area contributed by atoms with Crippen molar-refractivity contribution in [2.45, 2.75) is 38.9 Å². The minimum absolute atomic E-state index is 0.00756. The van der Waals surface area contributed by atoms with Gasteiger partial charge < -0.3 is 19.9 Å². The quantitative estimate of drug-likeness (QED) is 0.370. The van der Waals surface area contributed by atoms with E-state index >= 15 is 0 Å². The second-order valence-electron chi connectivity index (χ2n) is 8.26. The molecule has 0 saturated carbocycles.